The number of pyridine rings is 1. The van der Waals surface area contributed by atoms with Crippen molar-refractivity contribution in [2.75, 3.05) is 0 Å². The highest BCUT2D eigenvalue weighted by Crippen LogP contribution is 2.27. The summed E-state index contributed by atoms with van der Waals surface area (Å²) in [6, 6.07) is 16.8. The number of esters is 1. The first kappa shape index (κ1) is 20.9. The Morgan fingerprint density at radius 2 is 1.90 bits per heavy atom. The van der Waals surface area contributed by atoms with E-state index < -0.39 is 22.8 Å². The lowest BCUT2D eigenvalue weighted by atomic mass is 9.97. The largest absolute Gasteiger partial charge is 0.424 e. The molecule has 0 aliphatic heterocycles. The number of ether oxygens (including phenoxy) is 1. The number of rotatable bonds is 7. The quantitative estimate of drug-likeness (QED) is 0.321. The molecule has 3 rings (SSSR count). The third-order valence-corrected chi connectivity index (χ3v) is 4.55. The first-order chi connectivity index (χ1) is 14.3. The Kier molecular flexibility index (Phi) is 6.36. The van der Waals surface area contributed by atoms with Crippen LogP contribution >= 0.6 is 0 Å². The van der Waals surface area contributed by atoms with Crippen molar-refractivity contribution in [3.8, 4) is 16.9 Å². The van der Waals surface area contributed by atoms with E-state index in [4.69, 9.17) is 4.74 Å². The molecule has 1 atom stereocenters. The molecule has 0 saturated carbocycles. The highest BCUT2D eigenvalue weighted by molar-refractivity contribution is 5.80. The van der Waals surface area contributed by atoms with Crippen LogP contribution in [0.5, 0.6) is 5.75 Å². The van der Waals surface area contributed by atoms with Gasteiger partial charge in [-0.1, -0.05) is 42.5 Å². The maximum atomic E-state index is 14.6. The first-order valence-corrected chi connectivity index (χ1v) is 9.15. The minimum Gasteiger partial charge on any atom is -0.424 e. The van der Waals surface area contributed by atoms with Gasteiger partial charge < -0.3 is 9.57 Å². The number of hydrogen-bond acceptors (Lipinski definition) is 6. The summed E-state index contributed by atoms with van der Waals surface area (Å²) in [5.41, 5.74) is 2.40. The van der Waals surface area contributed by atoms with E-state index in [-0.39, 0.29) is 12.4 Å². The van der Waals surface area contributed by atoms with Gasteiger partial charge in [0.15, 0.2) is 5.75 Å². The van der Waals surface area contributed by atoms with E-state index in [1.165, 1.54) is 18.2 Å². The average molecular weight is 410 g/mol. The molecule has 1 aromatic heterocycles. The smallest absolute Gasteiger partial charge is 0.318 e. The lowest BCUT2D eigenvalue weighted by molar-refractivity contribution is -0.763. The Balaban J connectivity index is 1.71. The fraction of sp³-hybridized carbons (Fsp3) is 0.182. The van der Waals surface area contributed by atoms with Gasteiger partial charge >= 0.3 is 5.97 Å². The van der Waals surface area contributed by atoms with Gasteiger partial charge in [-0.15, -0.1) is 10.1 Å². The van der Waals surface area contributed by atoms with E-state index in [2.05, 4.69) is 9.82 Å². The van der Waals surface area contributed by atoms with Crippen LogP contribution in [0.4, 0.5) is 4.39 Å². The molecule has 7 nitrogen and oxygen atoms in total. The van der Waals surface area contributed by atoms with Crippen molar-refractivity contribution in [2.45, 2.75) is 26.4 Å². The normalized spacial score (nSPS) is 11.6. The number of aromatic nitrogens is 1. The number of carbonyl (C=O) groups excluding carboxylic acids is 1. The Bertz CT molecular complexity index is 1070. The standard InChI is InChI=1S/C22H19FN2O5/c1-14(17-8-10-19(20(23)12-17)16-6-4-3-5-7-16)22(26)30-21-11-9-18(24-15(21)2)13-29-25(27)28/h3-12,14H,13H2,1-2H3. The average Bonchev–Trinajstić information content (AvgIpc) is 2.73. The predicted molar refractivity (Wildman–Crippen MR) is 107 cm³/mol. The minimum atomic E-state index is -0.908. The van der Waals surface area contributed by atoms with Crippen LogP contribution in [0.2, 0.25) is 0 Å². The zero-order chi connectivity index (χ0) is 21.7. The van der Waals surface area contributed by atoms with Gasteiger partial charge in [0.05, 0.1) is 17.3 Å². The van der Waals surface area contributed by atoms with Crippen LogP contribution in [-0.4, -0.2) is 16.0 Å². The Hall–Kier alpha value is -3.81. The number of benzene rings is 2. The third-order valence-electron chi connectivity index (χ3n) is 4.55. The van der Waals surface area contributed by atoms with Gasteiger partial charge in [0, 0.05) is 5.56 Å². The highest BCUT2D eigenvalue weighted by atomic mass is 19.1. The van der Waals surface area contributed by atoms with E-state index >= 15 is 0 Å². The molecule has 0 amide bonds. The van der Waals surface area contributed by atoms with E-state index in [9.17, 15) is 19.3 Å². The van der Waals surface area contributed by atoms with Crippen LogP contribution < -0.4 is 4.74 Å². The molecule has 3 aromatic rings. The van der Waals surface area contributed by atoms with Gasteiger partial charge in [0.1, 0.15) is 12.4 Å². The summed E-state index contributed by atoms with van der Waals surface area (Å²) in [6.07, 6.45) is 0. The van der Waals surface area contributed by atoms with Gasteiger partial charge in [-0.25, -0.2) is 4.39 Å². The maximum Gasteiger partial charge on any atom is 0.318 e. The summed E-state index contributed by atoms with van der Waals surface area (Å²) in [5.74, 6) is -1.48. The molecule has 0 bridgehead atoms. The summed E-state index contributed by atoms with van der Waals surface area (Å²) in [6.45, 7) is 2.93. The monoisotopic (exact) mass is 410 g/mol. The molecule has 0 aliphatic carbocycles. The maximum absolute atomic E-state index is 14.6. The van der Waals surface area contributed by atoms with Crippen LogP contribution in [0.15, 0.2) is 60.7 Å². The number of halogens is 1. The van der Waals surface area contributed by atoms with Gasteiger partial charge in [-0.05, 0) is 43.2 Å². The molecule has 30 heavy (non-hydrogen) atoms. The molecular formula is C22H19FN2O5. The van der Waals surface area contributed by atoms with E-state index in [1.807, 2.05) is 30.3 Å². The van der Waals surface area contributed by atoms with Crippen LogP contribution in [-0.2, 0) is 16.2 Å². The highest BCUT2D eigenvalue weighted by Gasteiger charge is 2.20. The molecule has 2 aromatic carbocycles. The molecule has 0 aliphatic rings. The molecule has 0 fully saturated rings. The molecule has 1 heterocycles. The summed E-state index contributed by atoms with van der Waals surface area (Å²) < 4.78 is 20.0. The number of carbonyl (C=O) groups is 1. The van der Waals surface area contributed by atoms with Crippen molar-refractivity contribution < 1.29 is 23.8 Å². The van der Waals surface area contributed by atoms with Crippen molar-refractivity contribution in [1.29, 1.82) is 0 Å². The van der Waals surface area contributed by atoms with Crippen molar-refractivity contribution >= 4 is 5.97 Å². The molecule has 0 saturated heterocycles. The Labute approximate surface area is 172 Å². The first-order valence-electron chi connectivity index (χ1n) is 9.15. The Morgan fingerprint density at radius 1 is 1.17 bits per heavy atom. The Morgan fingerprint density at radius 3 is 2.53 bits per heavy atom. The number of hydrogen-bond donors (Lipinski definition) is 0. The minimum absolute atomic E-state index is 0.220. The summed E-state index contributed by atoms with van der Waals surface area (Å²) in [7, 11) is 0. The van der Waals surface area contributed by atoms with E-state index in [0.29, 0.717) is 22.5 Å². The van der Waals surface area contributed by atoms with Gasteiger partial charge in [0.25, 0.3) is 5.09 Å². The van der Waals surface area contributed by atoms with Crippen LogP contribution in [0, 0.1) is 22.9 Å². The predicted octanol–water partition coefficient (Wildman–Crippen LogP) is 4.61. The van der Waals surface area contributed by atoms with Crippen molar-refractivity contribution in [2.24, 2.45) is 0 Å². The summed E-state index contributed by atoms with van der Waals surface area (Å²) >= 11 is 0. The molecule has 0 spiro atoms. The molecule has 8 heteroatoms. The van der Waals surface area contributed by atoms with Crippen LogP contribution in [0.25, 0.3) is 11.1 Å². The summed E-state index contributed by atoms with van der Waals surface area (Å²) in [4.78, 5) is 31.2. The van der Waals surface area contributed by atoms with Crippen molar-refractivity contribution in [3.63, 3.8) is 0 Å². The number of nitrogens with zero attached hydrogens (tertiary/aromatic N) is 2. The second kappa shape index (κ2) is 9.13. The van der Waals surface area contributed by atoms with Crippen molar-refractivity contribution in [3.05, 3.63) is 93.5 Å². The molecule has 0 N–H and O–H groups in total. The summed E-state index contributed by atoms with van der Waals surface area (Å²) in [5, 5.41) is 9.36. The second-order valence-corrected chi connectivity index (χ2v) is 6.63. The zero-order valence-corrected chi connectivity index (χ0v) is 16.4. The molecular weight excluding hydrogens is 391 g/mol. The van der Waals surface area contributed by atoms with E-state index in [1.54, 1.807) is 26.0 Å². The molecule has 154 valence electrons. The second-order valence-electron chi connectivity index (χ2n) is 6.63. The van der Waals surface area contributed by atoms with Gasteiger partial charge in [-0.2, -0.15) is 0 Å². The van der Waals surface area contributed by atoms with Crippen LogP contribution in [0.3, 0.4) is 0 Å². The van der Waals surface area contributed by atoms with Gasteiger partial charge in [0.2, 0.25) is 0 Å². The topological polar surface area (TPSA) is 91.6 Å². The van der Waals surface area contributed by atoms with Gasteiger partial charge in [-0.3, -0.25) is 9.78 Å². The molecule has 1 unspecified atom stereocenters. The zero-order valence-electron chi connectivity index (χ0n) is 16.4. The van der Waals surface area contributed by atoms with E-state index in [0.717, 1.165) is 5.56 Å². The number of aryl methyl sites for hydroxylation is 1. The van der Waals surface area contributed by atoms with Crippen molar-refractivity contribution in [1.82, 2.24) is 4.98 Å². The lowest BCUT2D eigenvalue weighted by Gasteiger charge is -2.14. The molecule has 0 radical (unpaired) electrons. The fourth-order valence-electron chi connectivity index (χ4n) is 2.89. The lowest BCUT2D eigenvalue weighted by Crippen LogP contribution is -2.17. The SMILES string of the molecule is Cc1nc(CO[N+](=O)[O-])ccc1OC(=O)C(C)c1ccc(-c2ccccc2)c(F)c1. The third kappa shape index (κ3) is 4.96. The fourth-order valence-corrected chi connectivity index (χ4v) is 2.89. The van der Waals surface area contributed by atoms with Crippen LogP contribution in [0.1, 0.15) is 29.8 Å².